The Morgan fingerprint density at radius 2 is 1.88 bits per heavy atom. The van der Waals surface area contributed by atoms with Crippen molar-refractivity contribution in [3.63, 3.8) is 0 Å². The molecule has 0 spiro atoms. The van der Waals surface area contributed by atoms with Crippen LogP contribution in [0.25, 0.3) is 0 Å². The van der Waals surface area contributed by atoms with Gasteiger partial charge in [-0.3, -0.25) is 0 Å². The highest BCUT2D eigenvalue weighted by molar-refractivity contribution is 7.87. The van der Waals surface area contributed by atoms with Crippen molar-refractivity contribution in [2.24, 2.45) is 0 Å². The smallest absolute Gasteiger partial charge is 0.277 e. The second kappa shape index (κ2) is 5.92. The van der Waals surface area contributed by atoms with E-state index in [4.69, 9.17) is 0 Å². The number of aliphatic hydroxyl groups is 1. The molecule has 0 aromatic heterocycles. The molecule has 7 heteroatoms. The highest BCUT2D eigenvalue weighted by Crippen LogP contribution is 2.03. The fraction of sp³-hybridized carbons (Fsp3) is 1.00. The van der Waals surface area contributed by atoms with Crippen molar-refractivity contribution in [2.45, 2.75) is 32.4 Å². The highest BCUT2D eigenvalue weighted by Gasteiger charge is 2.24. The maximum atomic E-state index is 11.4. The van der Waals surface area contributed by atoms with Crippen molar-refractivity contribution in [1.82, 2.24) is 14.3 Å². The van der Waals surface area contributed by atoms with Gasteiger partial charge in [0, 0.05) is 19.1 Å². The van der Waals surface area contributed by atoms with Crippen LogP contribution in [0.2, 0.25) is 0 Å². The minimum absolute atomic E-state index is 0.0206. The predicted molar refractivity (Wildman–Crippen MR) is 64.4 cm³/mol. The van der Waals surface area contributed by atoms with Crippen LogP contribution in [0.1, 0.15) is 20.8 Å². The molecule has 0 radical (unpaired) electrons. The second-order valence-electron chi connectivity index (χ2n) is 4.83. The average molecular weight is 253 g/mol. The summed E-state index contributed by atoms with van der Waals surface area (Å²) in [7, 11) is 0.101. The molecule has 1 atom stereocenters. The van der Waals surface area contributed by atoms with E-state index in [9.17, 15) is 13.5 Å². The topological polar surface area (TPSA) is 81.7 Å². The Morgan fingerprint density at radius 3 is 2.25 bits per heavy atom. The summed E-state index contributed by atoms with van der Waals surface area (Å²) in [6.07, 6.45) is 0. The zero-order chi connectivity index (χ0) is 13.0. The summed E-state index contributed by atoms with van der Waals surface area (Å²) >= 11 is 0. The zero-order valence-corrected chi connectivity index (χ0v) is 11.4. The summed E-state index contributed by atoms with van der Waals surface area (Å²) in [5, 5.41) is 9.89. The molecule has 0 aromatic carbocycles. The molecular weight excluding hydrogens is 230 g/mol. The third-order valence-corrected chi connectivity index (χ3v) is 3.00. The van der Waals surface area contributed by atoms with Gasteiger partial charge >= 0.3 is 0 Å². The summed E-state index contributed by atoms with van der Waals surface area (Å²) in [6.45, 7) is 5.42. The normalized spacial score (nSPS) is 16.8. The van der Waals surface area contributed by atoms with Gasteiger partial charge in [-0.15, -0.1) is 0 Å². The van der Waals surface area contributed by atoms with Gasteiger partial charge in [0.1, 0.15) is 0 Å². The minimum Gasteiger partial charge on any atom is -0.387 e. The molecular formula is C9H23N3O3S. The Morgan fingerprint density at radius 1 is 1.38 bits per heavy atom. The SMILES string of the molecule is CC(C)NS(=O)(=O)NCC(C)(O)CN(C)C. The van der Waals surface area contributed by atoms with E-state index in [1.54, 1.807) is 25.7 Å². The molecule has 0 bridgehead atoms. The first kappa shape index (κ1) is 15.8. The van der Waals surface area contributed by atoms with Crippen molar-refractivity contribution in [3.8, 4) is 0 Å². The van der Waals surface area contributed by atoms with Crippen molar-refractivity contribution in [1.29, 1.82) is 0 Å². The second-order valence-corrected chi connectivity index (χ2v) is 6.36. The van der Waals surface area contributed by atoms with Crippen LogP contribution in [0.15, 0.2) is 0 Å². The van der Waals surface area contributed by atoms with Gasteiger partial charge in [0.15, 0.2) is 0 Å². The van der Waals surface area contributed by atoms with Gasteiger partial charge in [-0.25, -0.2) is 0 Å². The molecule has 0 saturated heterocycles. The summed E-state index contributed by atoms with van der Waals surface area (Å²) in [6, 6.07) is -0.170. The standard InChI is InChI=1S/C9H23N3O3S/c1-8(2)11-16(14,15)10-6-9(3,13)7-12(4)5/h8,10-11,13H,6-7H2,1-5H3. The first-order chi connectivity index (χ1) is 7.04. The van der Waals surface area contributed by atoms with E-state index in [0.29, 0.717) is 6.54 Å². The van der Waals surface area contributed by atoms with Crippen molar-refractivity contribution >= 4 is 10.2 Å². The Balaban J connectivity index is 4.23. The van der Waals surface area contributed by atoms with Crippen LogP contribution in [-0.2, 0) is 10.2 Å². The van der Waals surface area contributed by atoms with E-state index in [2.05, 4.69) is 9.44 Å². The lowest BCUT2D eigenvalue weighted by atomic mass is 10.1. The fourth-order valence-electron chi connectivity index (χ4n) is 1.34. The first-order valence-electron chi connectivity index (χ1n) is 5.18. The summed E-state index contributed by atoms with van der Waals surface area (Å²) in [4.78, 5) is 1.80. The van der Waals surface area contributed by atoms with Gasteiger partial charge < -0.3 is 10.0 Å². The van der Waals surface area contributed by atoms with Crippen LogP contribution in [-0.4, -0.2) is 57.3 Å². The molecule has 0 amide bonds. The monoisotopic (exact) mass is 253 g/mol. The first-order valence-corrected chi connectivity index (χ1v) is 6.66. The van der Waals surface area contributed by atoms with Gasteiger partial charge in [-0.05, 0) is 34.9 Å². The molecule has 0 fully saturated rings. The van der Waals surface area contributed by atoms with Crippen LogP contribution in [0, 0.1) is 0 Å². The number of hydrogen-bond donors (Lipinski definition) is 3. The number of nitrogens with zero attached hydrogens (tertiary/aromatic N) is 1. The van der Waals surface area contributed by atoms with E-state index in [-0.39, 0.29) is 12.6 Å². The number of hydrogen-bond acceptors (Lipinski definition) is 4. The number of rotatable bonds is 7. The van der Waals surface area contributed by atoms with E-state index in [1.807, 2.05) is 14.1 Å². The Kier molecular flexibility index (Phi) is 5.85. The minimum atomic E-state index is -3.53. The molecule has 6 nitrogen and oxygen atoms in total. The van der Waals surface area contributed by atoms with Gasteiger partial charge in [-0.1, -0.05) is 0 Å². The third-order valence-electron chi connectivity index (χ3n) is 1.69. The summed E-state index contributed by atoms with van der Waals surface area (Å²) < 4.78 is 27.6. The van der Waals surface area contributed by atoms with Crippen molar-refractivity contribution in [2.75, 3.05) is 27.2 Å². The van der Waals surface area contributed by atoms with Crippen LogP contribution in [0.4, 0.5) is 0 Å². The quantitative estimate of drug-likeness (QED) is 0.551. The fourth-order valence-corrected chi connectivity index (χ4v) is 2.54. The lowest BCUT2D eigenvalue weighted by Crippen LogP contribution is -2.50. The van der Waals surface area contributed by atoms with Crippen LogP contribution < -0.4 is 9.44 Å². The molecule has 0 aliphatic carbocycles. The third kappa shape index (κ3) is 8.00. The number of nitrogens with one attached hydrogen (secondary N) is 2. The molecule has 16 heavy (non-hydrogen) atoms. The molecule has 0 heterocycles. The Bertz CT molecular complexity index is 299. The maximum Gasteiger partial charge on any atom is 0.277 e. The lowest BCUT2D eigenvalue weighted by molar-refractivity contribution is 0.0385. The Labute approximate surface area is 98.2 Å². The van der Waals surface area contributed by atoms with E-state index in [0.717, 1.165) is 0 Å². The molecule has 0 saturated carbocycles. The predicted octanol–water partition coefficient (Wildman–Crippen LogP) is -0.869. The molecule has 98 valence electrons. The van der Waals surface area contributed by atoms with Gasteiger partial charge in [-0.2, -0.15) is 17.9 Å². The van der Waals surface area contributed by atoms with Crippen molar-refractivity contribution in [3.05, 3.63) is 0 Å². The Hall–Kier alpha value is -0.210. The van der Waals surface area contributed by atoms with E-state index < -0.39 is 15.8 Å². The molecule has 0 aliphatic rings. The molecule has 1 unspecified atom stereocenters. The van der Waals surface area contributed by atoms with Crippen molar-refractivity contribution < 1.29 is 13.5 Å². The van der Waals surface area contributed by atoms with Gasteiger partial charge in [0.05, 0.1) is 5.60 Å². The van der Waals surface area contributed by atoms with E-state index >= 15 is 0 Å². The maximum absolute atomic E-state index is 11.4. The lowest BCUT2D eigenvalue weighted by Gasteiger charge is -2.27. The van der Waals surface area contributed by atoms with Crippen LogP contribution in [0.5, 0.6) is 0 Å². The van der Waals surface area contributed by atoms with Crippen LogP contribution >= 0.6 is 0 Å². The number of likely N-dealkylation sites (N-methyl/N-ethyl adjacent to an activating group) is 1. The molecule has 0 rings (SSSR count). The zero-order valence-electron chi connectivity index (χ0n) is 10.6. The van der Waals surface area contributed by atoms with Crippen LogP contribution in [0.3, 0.4) is 0 Å². The molecule has 0 aliphatic heterocycles. The van der Waals surface area contributed by atoms with Gasteiger partial charge in [0.2, 0.25) is 0 Å². The van der Waals surface area contributed by atoms with E-state index in [1.165, 1.54) is 0 Å². The average Bonchev–Trinajstić information content (AvgIpc) is 1.96. The molecule has 3 N–H and O–H groups in total. The highest BCUT2D eigenvalue weighted by atomic mass is 32.2. The molecule has 0 aromatic rings. The largest absolute Gasteiger partial charge is 0.387 e. The van der Waals surface area contributed by atoms with Gasteiger partial charge in [0.25, 0.3) is 10.2 Å². The summed E-state index contributed by atoms with van der Waals surface area (Å²) in [5.41, 5.74) is -1.09. The summed E-state index contributed by atoms with van der Waals surface area (Å²) in [5.74, 6) is 0.